The molecule has 6 heterocycles. The van der Waals surface area contributed by atoms with Crippen LogP contribution in [-0.4, -0.2) is 132 Å². The van der Waals surface area contributed by atoms with Crippen LogP contribution in [0.25, 0.3) is 0 Å². The lowest BCUT2D eigenvalue weighted by Gasteiger charge is -2.50. The quantitative estimate of drug-likeness (QED) is 0.0575. The average molecular weight is 735 g/mol. The van der Waals surface area contributed by atoms with Crippen LogP contribution in [0.1, 0.15) is 35.8 Å². The minimum Gasteiger partial charge on any atom is -0.504 e. The Kier molecular flexibility index (Phi) is 9.49. The van der Waals surface area contributed by atoms with E-state index < -0.39 is 46.8 Å². The van der Waals surface area contributed by atoms with Gasteiger partial charge in [0.1, 0.15) is 29.4 Å². The number of thiazole rings is 1. The Bertz CT molecular complexity index is 1790. The number of halogens is 1. The Morgan fingerprint density at radius 1 is 1.27 bits per heavy atom. The zero-order chi connectivity index (χ0) is 35.2. The van der Waals surface area contributed by atoms with E-state index in [4.69, 9.17) is 22.2 Å². The van der Waals surface area contributed by atoms with E-state index in [9.17, 15) is 39.3 Å². The number of oxime groups is 1. The minimum atomic E-state index is -1.25. The second kappa shape index (κ2) is 13.5. The lowest BCUT2D eigenvalue weighted by atomic mass is 9.99. The molecule has 1 aromatic carbocycles. The zero-order valence-electron chi connectivity index (χ0n) is 26.1. The number of β-lactam (4-membered cyclic amide) rings is 1. The number of hydrogen-bond acceptors (Lipinski definition) is 13. The van der Waals surface area contributed by atoms with Crippen LogP contribution in [0.5, 0.6) is 11.5 Å². The van der Waals surface area contributed by atoms with Crippen molar-refractivity contribution < 1.29 is 48.6 Å². The number of anilines is 1. The van der Waals surface area contributed by atoms with Gasteiger partial charge in [0.05, 0.1) is 36.8 Å². The molecule has 7 rings (SSSR count). The van der Waals surface area contributed by atoms with Gasteiger partial charge in [-0.2, -0.15) is 0 Å². The fourth-order valence-electron chi connectivity index (χ4n) is 6.70. The number of benzene rings is 1. The van der Waals surface area contributed by atoms with Gasteiger partial charge in [0, 0.05) is 35.6 Å². The number of thioether (sulfide) groups is 1. The van der Waals surface area contributed by atoms with Gasteiger partial charge in [0.25, 0.3) is 17.7 Å². The number of nitrogens with one attached hydrogen (secondary N) is 1. The van der Waals surface area contributed by atoms with Crippen LogP contribution < -0.4 is 11.1 Å². The average Bonchev–Trinajstić information content (AvgIpc) is 3.33. The number of piperidine rings is 1. The van der Waals surface area contributed by atoms with Crippen molar-refractivity contribution in [2.45, 2.75) is 43.3 Å². The molecule has 2 bridgehead atoms. The predicted octanol–water partition coefficient (Wildman–Crippen LogP) is 0.972. The molecule has 5 aliphatic heterocycles. The second-order valence-electron chi connectivity index (χ2n) is 12.3. The molecule has 16 nitrogen and oxygen atoms in total. The first-order chi connectivity index (χ1) is 23.3. The summed E-state index contributed by atoms with van der Waals surface area (Å²) in [6.07, 6.45) is 0.873. The number of nitrogens with two attached hydrogens (primary N) is 1. The Morgan fingerprint density at radius 2 is 2.00 bits per heavy atom. The van der Waals surface area contributed by atoms with E-state index in [0.717, 1.165) is 11.3 Å². The van der Waals surface area contributed by atoms with Crippen molar-refractivity contribution in [3.05, 3.63) is 45.1 Å². The predicted molar refractivity (Wildman–Crippen MR) is 178 cm³/mol. The number of aldehydes is 1. The summed E-state index contributed by atoms with van der Waals surface area (Å²) in [5, 5.41) is 37.3. The highest BCUT2D eigenvalue weighted by Gasteiger charge is 2.55. The van der Waals surface area contributed by atoms with Gasteiger partial charge in [-0.25, -0.2) is 9.78 Å². The fraction of sp³-hybridized carbons (Fsp3) is 0.433. The van der Waals surface area contributed by atoms with Gasteiger partial charge in [-0.3, -0.25) is 24.1 Å². The lowest BCUT2D eigenvalue weighted by Crippen LogP contribution is -2.71. The number of phenols is 2. The first-order valence-electron chi connectivity index (χ1n) is 15.3. The molecule has 4 saturated heterocycles. The number of fused-ring (bicyclic) bond motifs is 5. The molecular weight excluding hydrogens is 702 g/mol. The van der Waals surface area contributed by atoms with Gasteiger partial charge in [0.2, 0.25) is 0 Å². The van der Waals surface area contributed by atoms with Gasteiger partial charge in [-0.1, -0.05) is 16.8 Å². The molecule has 0 spiro atoms. The van der Waals surface area contributed by atoms with E-state index in [0.29, 0.717) is 67.7 Å². The summed E-state index contributed by atoms with van der Waals surface area (Å²) in [6, 6.07) is 1.47. The Morgan fingerprint density at radius 3 is 2.65 bits per heavy atom. The summed E-state index contributed by atoms with van der Waals surface area (Å²) < 4.78 is 0.532. The third-order valence-electron chi connectivity index (χ3n) is 9.26. The van der Waals surface area contributed by atoms with Crippen LogP contribution in [0.4, 0.5) is 5.13 Å². The van der Waals surface area contributed by atoms with E-state index in [-0.39, 0.29) is 44.8 Å². The number of carboxylic acids is 1. The minimum absolute atomic E-state index is 0.0752. The zero-order valence-corrected chi connectivity index (χ0v) is 28.5. The smallest absolute Gasteiger partial charge is 0.352 e. The number of aromatic hydroxyl groups is 2. The van der Waals surface area contributed by atoms with Gasteiger partial charge in [0.15, 0.2) is 34.7 Å². The van der Waals surface area contributed by atoms with Crippen LogP contribution in [0.2, 0.25) is 5.02 Å². The number of carbonyl (C=O) groups is 5. The number of nitrogen functional groups attached to an aromatic ring is 1. The maximum atomic E-state index is 13.5. The third kappa shape index (κ3) is 6.40. The standard InChI is InChI=1S/C30H32ClN7O9S2/c1-14(11-39)47-35-21(18-13-49-30(32)33-18)25(42)34-22-27(44)37-23(29(45)46)15(12-48-28(22)37)10-38-7-4-16(5-8-38)36(6-9-38)26(43)17-2-3-19(40)24(41)20(17)31/h2-3,11,13-14,16,22,28H,4-10,12H2,1H3,(H5-,32,33,34,35,40,41,42,43,45,46)/p+1/t14-,16?,22+,28+,38?/m0/s1. The molecule has 0 saturated carbocycles. The number of hydrogen-bond donors (Lipinski definition) is 5. The molecular formula is C30H33ClN7O9S2+. The van der Waals surface area contributed by atoms with Crippen molar-refractivity contribution in [1.29, 1.82) is 0 Å². The molecule has 4 fully saturated rings. The van der Waals surface area contributed by atoms with Crippen LogP contribution in [0, 0.1) is 0 Å². The second-order valence-corrected chi connectivity index (χ2v) is 14.6. The Labute approximate surface area is 292 Å². The van der Waals surface area contributed by atoms with Crippen molar-refractivity contribution in [2.24, 2.45) is 5.16 Å². The summed E-state index contributed by atoms with van der Waals surface area (Å²) >= 11 is 8.60. The normalized spacial score (nSPS) is 25.6. The summed E-state index contributed by atoms with van der Waals surface area (Å²) in [4.78, 5) is 76.0. The molecule has 260 valence electrons. The van der Waals surface area contributed by atoms with E-state index in [2.05, 4.69) is 15.5 Å². The molecule has 2 aromatic rings. The molecule has 1 aromatic heterocycles. The number of carboxylic acid groups (broad SMARTS) is 1. The highest BCUT2D eigenvalue weighted by molar-refractivity contribution is 8.00. The topological polar surface area (TPSA) is 225 Å². The molecule has 19 heteroatoms. The van der Waals surface area contributed by atoms with Crippen LogP contribution in [0.3, 0.4) is 0 Å². The monoisotopic (exact) mass is 734 g/mol. The summed E-state index contributed by atoms with van der Waals surface area (Å²) in [5.74, 6) is -3.68. The van der Waals surface area contributed by atoms with Crippen LogP contribution in [-0.2, 0) is 24.0 Å². The van der Waals surface area contributed by atoms with Crippen molar-refractivity contribution in [2.75, 3.05) is 44.2 Å². The molecule has 0 unspecified atom stereocenters. The highest BCUT2D eigenvalue weighted by atomic mass is 35.5. The number of aliphatic carboxylic acids is 1. The fourth-order valence-corrected chi connectivity index (χ4v) is 8.82. The summed E-state index contributed by atoms with van der Waals surface area (Å²) in [6.45, 7) is 4.08. The number of carbonyl (C=O) groups excluding carboxylic acids is 4. The van der Waals surface area contributed by atoms with Gasteiger partial charge >= 0.3 is 5.97 Å². The molecule has 0 radical (unpaired) electrons. The van der Waals surface area contributed by atoms with Crippen LogP contribution >= 0.6 is 34.7 Å². The van der Waals surface area contributed by atoms with Crippen molar-refractivity contribution in [1.82, 2.24) is 20.1 Å². The largest absolute Gasteiger partial charge is 0.504 e. The molecule has 49 heavy (non-hydrogen) atoms. The number of amides is 3. The molecule has 3 atom stereocenters. The Balaban J connectivity index is 1.17. The molecule has 3 amide bonds. The molecule has 0 aliphatic carbocycles. The van der Waals surface area contributed by atoms with Gasteiger partial charge in [-0.05, 0) is 19.1 Å². The lowest BCUT2D eigenvalue weighted by molar-refractivity contribution is -0.924. The molecule has 5 aliphatic rings. The Hall–Kier alpha value is -4.39. The van der Waals surface area contributed by atoms with E-state index in [1.54, 1.807) is 4.90 Å². The maximum absolute atomic E-state index is 13.5. The summed E-state index contributed by atoms with van der Waals surface area (Å²) in [5.41, 5.74) is 6.09. The first-order valence-corrected chi connectivity index (χ1v) is 17.6. The van der Waals surface area contributed by atoms with E-state index >= 15 is 0 Å². The van der Waals surface area contributed by atoms with Gasteiger partial charge < -0.3 is 40.6 Å². The first kappa shape index (κ1) is 34.5. The number of rotatable bonds is 10. The third-order valence-corrected chi connectivity index (χ3v) is 11.7. The maximum Gasteiger partial charge on any atom is 0.352 e. The number of quaternary nitrogens is 1. The van der Waals surface area contributed by atoms with Crippen molar-refractivity contribution >= 4 is 75.5 Å². The number of phenolic OH excluding ortho intramolecular Hbond substituents is 2. The molecule has 6 N–H and O–H groups in total. The van der Waals surface area contributed by atoms with E-state index in [1.165, 1.54) is 41.1 Å². The van der Waals surface area contributed by atoms with Crippen molar-refractivity contribution in [3.8, 4) is 11.5 Å². The summed E-state index contributed by atoms with van der Waals surface area (Å²) in [7, 11) is 0. The van der Waals surface area contributed by atoms with Crippen molar-refractivity contribution in [3.63, 3.8) is 0 Å². The van der Waals surface area contributed by atoms with Crippen LogP contribution in [0.15, 0.2) is 33.9 Å². The highest BCUT2D eigenvalue weighted by Crippen LogP contribution is 2.42. The van der Waals surface area contributed by atoms with Gasteiger partial charge in [-0.15, -0.1) is 23.1 Å². The number of aromatic nitrogens is 1. The van der Waals surface area contributed by atoms with E-state index in [1.807, 2.05) is 0 Å². The SMILES string of the molecule is C[C@@H](C=O)O/N=C(\C(=O)N[C@@H]1C(=O)N2C(C(=O)O)=C(C[N+]34CCC(CC3)N(C(=O)c3ccc(O)c(O)c3Cl)CC4)CS[C@H]12)c1csc(N)n1. The number of nitrogens with zero attached hydrogens (tertiary/aromatic N) is 5.